The highest BCUT2D eigenvalue weighted by Crippen LogP contribution is 2.32. The number of anilines is 3. The lowest BCUT2D eigenvalue weighted by Crippen LogP contribution is -2.05. The van der Waals surface area contributed by atoms with Gasteiger partial charge in [0.2, 0.25) is 0 Å². The van der Waals surface area contributed by atoms with Gasteiger partial charge in [0.25, 0.3) is 0 Å². The molecule has 0 aliphatic rings. The van der Waals surface area contributed by atoms with E-state index < -0.39 is 9.84 Å². The Bertz CT molecular complexity index is 758. The fraction of sp³-hybridized carbons (Fsp3) is 0.143. The molecule has 2 aromatic carbocycles. The van der Waals surface area contributed by atoms with E-state index in [0.29, 0.717) is 5.69 Å². The van der Waals surface area contributed by atoms with Gasteiger partial charge in [-0.1, -0.05) is 12.1 Å². The predicted molar refractivity (Wildman–Crippen MR) is 86.1 cm³/mol. The summed E-state index contributed by atoms with van der Waals surface area (Å²) in [6.45, 7) is 1.98. The Morgan fingerprint density at radius 2 is 1.85 bits per heavy atom. The number of nitrogens with two attached hydrogens (primary N) is 1. The zero-order valence-electron chi connectivity index (χ0n) is 11.1. The van der Waals surface area contributed by atoms with Gasteiger partial charge in [-0.2, -0.15) is 0 Å². The van der Waals surface area contributed by atoms with Crippen molar-refractivity contribution < 1.29 is 8.42 Å². The first-order chi connectivity index (χ1) is 9.29. The molecule has 4 nitrogen and oxygen atoms in total. The molecule has 6 heteroatoms. The third-order valence-corrected chi connectivity index (χ3v) is 4.70. The smallest absolute Gasteiger partial charge is 0.177 e. The van der Waals surface area contributed by atoms with Gasteiger partial charge in [0.05, 0.1) is 22.0 Å². The molecule has 0 spiro atoms. The van der Waals surface area contributed by atoms with Gasteiger partial charge in [-0.3, -0.25) is 0 Å². The minimum absolute atomic E-state index is 0.131. The van der Waals surface area contributed by atoms with Crippen LogP contribution in [0.3, 0.4) is 0 Å². The zero-order chi connectivity index (χ0) is 14.9. The standard InChI is InChI=1S/C14H15BrN2O2S/c1-9-6-7-10(15)12(8-9)17-11-4-3-5-13(14(11)16)20(2,18)19/h3-8,17H,16H2,1-2H3. The first-order valence-electron chi connectivity index (χ1n) is 5.91. The molecule has 2 aromatic rings. The van der Waals surface area contributed by atoms with E-state index in [9.17, 15) is 8.42 Å². The van der Waals surface area contributed by atoms with Crippen LogP contribution in [-0.4, -0.2) is 14.7 Å². The summed E-state index contributed by atoms with van der Waals surface area (Å²) in [5.41, 5.74) is 8.67. The van der Waals surface area contributed by atoms with Crippen molar-refractivity contribution in [3.8, 4) is 0 Å². The highest BCUT2D eigenvalue weighted by Gasteiger charge is 2.14. The van der Waals surface area contributed by atoms with E-state index in [1.165, 1.54) is 6.07 Å². The topological polar surface area (TPSA) is 72.2 Å². The van der Waals surface area contributed by atoms with Crippen LogP contribution in [0.15, 0.2) is 45.8 Å². The molecule has 0 aromatic heterocycles. The molecule has 0 fully saturated rings. The summed E-state index contributed by atoms with van der Waals surface area (Å²) in [7, 11) is -3.34. The number of benzene rings is 2. The second kappa shape index (κ2) is 5.46. The average Bonchev–Trinajstić information content (AvgIpc) is 2.35. The van der Waals surface area contributed by atoms with Crippen molar-refractivity contribution >= 4 is 42.8 Å². The van der Waals surface area contributed by atoms with E-state index >= 15 is 0 Å². The Morgan fingerprint density at radius 1 is 1.15 bits per heavy atom. The SMILES string of the molecule is Cc1ccc(Br)c(Nc2cccc(S(C)(=O)=O)c2N)c1. The molecule has 2 rings (SSSR count). The van der Waals surface area contributed by atoms with E-state index in [-0.39, 0.29) is 10.6 Å². The number of nitrogen functional groups attached to an aromatic ring is 1. The van der Waals surface area contributed by atoms with Crippen molar-refractivity contribution in [2.24, 2.45) is 0 Å². The zero-order valence-corrected chi connectivity index (χ0v) is 13.5. The maximum absolute atomic E-state index is 11.7. The maximum Gasteiger partial charge on any atom is 0.177 e. The van der Waals surface area contributed by atoms with Gasteiger partial charge in [0, 0.05) is 10.7 Å². The van der Waals surface area contributed by atoms with Gasteiger partial charge < -0.3 is 11.1 Å². The monoisotopic (exact) mass is 354 g/mol. The minimum atomic E-state index is -3.34. The summed E-state index contributed by atoms with van der Waals surface area (Å²) in [4.78, 5) is 0.131. The lowest BCUT2D eigenvalue weighted by Gasteiger charge is -2.13. The van der Waals surface area contributed by atoms with Crippen molar-refractivity contribution in [2.75, 3.05) is 17.3 Å². The van der Waals surface area contributed by atoms with Crippen LogP contribution in [0.1, 0.15) is 5.56 Å². The predicted octanol–water partition coefficient (Wildman–Crippen LogP) is 3.49. The van der Waals surface area contributed by atoms with E-state index in [4.69, 9.17) is 5.73 Å². The fourth-order valence-electron chi connectivity index (χ4n) is 1.86. The van der Waals surface area contributed by atoms with Gasteiger partial charge in [-0.25, -0.2) is 8.42 Å². The van der Waals surface area contributed by atoms with Crippen molar-refractivity contribution in [1.82, 2.24) is 0 Å². The van der Waals surface area contributed by atoms with Gasteiger partial charge in [-0.05, 0) is 52.7 Å². The molecule has 0 aliphatic carbocycles. The molecule has 20 heavy (non-hydrogen) atoms. The number of rotatable bonds is 3. The molecule has 0 unspecified atom stereocenters. The fourth-order valence-corrected chi connectivity index (χ4v) is 3.04. The number of halogens is 1. The Labute approximate surface area is 127 Å². The van der Waals surface area contributed by atoms with Gasteiger partial charge in [0.1, 0.15) is 0 Å². The van der Waals surface area contributed by atoms with Crippen molar-refractivity contribution in [3.05, 3.63) is 46.4 Å². The van der Waals surface area contributed by atoms with Crippen LogP contribution < -0.4 is 11.1 Å². The quantitative estimate of drug-likeness (QED) is 0.827. The molecule has 0 amide bonds. The van der Waals surface area contributed by atoms with Crippen LogP contribution in [0.4, 0.5) is 17.1 Å². The van der Waals surface area contributed by atoms with Crippen molar-refractivity contribution in [2.45, 2.75) is 11.8 Å². The van der Waals surface area contributed by atoms with Crippen molar-refractivity contribution in [1.29, 1.82) is 0 Å². The highest BCUT2D eigenvalue weighted by molar-refractivity contribution is 9.10. The third kappa shape index (κ3) is 3.13. The first kappa shape index (κ1) is 14.9. The maximum atomic E-state index is 11.7. The third-order valence-electron chi connectivity index (χ3n) is 2.86. The van der Waals surface area contributed by atoms with Crippen molar-refractivity contribution in [3.63, 3.8) is 0 Å². The van der Waals surface area contributed by atoms with Crippen LogP contribution in [0, 0.1) is 6.92 Å². The van der Waals surface area contributed by atoms with Crippen LogP contribution >= 0.6 is 15.9 Å². The molecule has 0 aliphatic heterocycles. The summed E-state index contributed by atoms with van der Waals surface area (Å²) in [5.74, 6) is 0. The molecule has 106 valence electrons. The number of aryl methyl sites for hydroxylation is 1. The molecular formula is C14H15BrN2O2S. The largest absolute Gasteiger partial charge is 0.396 e. The number of hydrogen-bond acceptors (Lipinski definition) is 4. The summed E-state index contributed by atoms with van der Waals surface area (Å²) >= 11 is 3.45. The van der Waals surface area contributed by atoms with E-state index in [0.717, 1.165) is 22.0 Å². The summed E-state index contributed by atoms with van der Waals surface area (Å²) in [5, 5.41) is 3.16. The molecule has 0 heterocycles. The van der Waals surface area contributed by atoms with Crippen LogP contribution in [0.25, 0.3) is 0 Å². The highest BCUT2D eigenvalue weighted by atomic mass is 79.9. The first-order valence-corrected chi connectivity index (χ1v) is 8.59. The Kier molecular flexibility index (Phi) is 4.06. The van der Waals surface area contributed by atoms with E-state index in [1.807, 2.05) is 25.1 Å². The van der Waals surface area contributed by atoms with Gasteiger partial charge in [-0.15, -0.1) is 0 Å². The normalized spacial score (nSPS) is 11.3. The van der Waals surface area contributed by atoms with E-state index in [2.05, 4.69) is 21.2 Å². The molecule has 0 radical (unpaired) electrons. The van der Waals surface area contributed by atoms with Gasteiger partial charge in [0.15, 0.2) is 9.84 Å². The number of sulfone groups is 1. The number of para-hydroxylation sites is 1. The molecule has 3 N–H and O–H groups in total. The lowest BCUT2D eigenvalue weighted by atomic mass is 10.2. The molecule has 0 bridgehead atoms. The van der Waals surface area contributed by atoms with Crippen LogP contribution in [-0.2, 0) is 9.84 Å². The van der Waals surface area contributed by atoms with Crippen LogP contribution in [0.2, 0.25) is 0 Å². The molecule has 0 saturated carbocycles. The Balaban J connectivity index is 2.47. The molecular weight excluding hydrogens is 340 g/mol. The molecule has 0 atom stereocenters. The number of nitrogens with one attached hydrogen (secondary N) is 1. The second-order valence-corrected chi connectivity index (χ2v) is 7.44. The molecule has 0 saturated heterocycles. The van der Waals surface area contributed by atoms with Gasteiger partial charge >= 0.3 is 0 Å². The lowest BCUT2D eigenvalue weighted by molar-refractivity contribution is 0.602. The minimum Gasteiger partial charge on any atom is -0.396 e. The van der Waals surface area contributed by atoms with Crippen LogP contribution in [0.5, 0.6) is 0 Å². The Morgan fingerprint density at radius 3 is 2.50 bits per heavy atom. The Hall–Kier alpha value is -1.53. The summed E-state index contributed by atoms with van der Waals surface area (Å²) in [6, 6.07) is 10.8. The summed E-state index contributed by atoms with van der Waals surface area (Å²) < 4.78 is 24.2. The average molecular weight is 355 g/mol. The second-order valence-electron chi connectivity index (χ2n) is 4.60. The van der Waals surface area contributed by atoms with E-state index in [1.54, 1.807) is 12.1 Å². The number of hydrogen-bond donors (Lipinski definition) is 2. The summed E-state index contributed by atoms with van der Waals surface area (Å²) in [6.07, 6.45) is 1.14.